The molecule has 4 nitrogen and oxygen atoms in total. The fraction of sp³-hybridized carbons (Fsp3) is 0.600. The van der Waals surface area contributed by atoms with Gasteiger partial charge >= 0.3 is 0 Å². The van der Waals surface area contributed by atoms with E-state index in [0.717, 1.165) is 0 Å². The predicted octanol–water partition coefficient (Wildman–Crippen LogP) is 1.72. The van der Waals surface area contributed by atoms with E-state index in [2.05, 4.69) is 9.97 Å². The van der Waals surface area contributed by atoms with E-state index < -0.39 is 5.92 Å². The molecule has 0 aromatic carbocycles. The summed E-state index contributed by atoms with van der Waals surface area (Å²) in [5.41, 5.74) is 0. The Bertz CT molecular complexity index is 363. The van der Waals surface area contributed by atoms with E-state index in [1.807, 2.05) is 4.90 Å². The van der Waals surface area contributed by atoms with Gasteiger partial charge in [-0.15, -0.1) is 0 Å². The normalized spacial score (nSPS) is 19.6. The van der Waals surface area contributed by atoms with Crippen LogP contribution in [0.3, 0.4) is 0 Å². The van der Waals surface area contributed by atoms with Gasteiger partial charge in [-0.1, -0.05) is 0 Å². The highest BCUT2D eigenvalue weighted by Crippen LogP contribution is 2.30. The summed E-state index contributed by atoms with van der Waals surface area (Å²) in [7, 11) is 1.51. The van der Waals surface area contributed by atoms with Crippen molar-refractivity contribution >= 4 is 5.82 Å². The molecule has 0 saturated carbocycles. The SMILES string of the molecule is COc1cc(N2CCC(F)(F)CC2)ncn1. The molecule has 2 rings (SSSR count). The van der Waals surface area contributed by atoms with Gasteiger partial charge in [-0.25, -0.2) is 18.7 Å². The number of aromatic nitrogens is 2. The summed E-state index contributed by atoms with van der Waals surface area (Å²) in [6.07, 6.45) is 1.12. The molecule has 88 valence electrons. The first-order valence-corrected chi connectivity index (χ1v) is 5.09. The van der Waals surface area contributed by atoms with Gasteiger partial charge in [0.15, 0.2) is 0 Å². The Morgan fingerprint density at radius 1 is 1.31 bits per heavy atom. The van der Waals surface area contributed by atoms with Crippen LogP contribution in [0, 0.1) is 0 Å². The summed E-state index contributed by atoms with van der Waals surface area (Å²) >= 11 is 0. The lowest BCUT2D eigenvalue weighted by atomic mass is 10.1. The number of anilines is 1. The van der Waals surface area contributed by atoms with Crippen molar-refractivity contribution in [1.29, 1.82) is 0 Å². The first-order valence-electron chi connectivity index (χ1n) is 5.09. The van der Waals surface area contributed by atoms with Crippen molar-refractivity contribution in [2.24, 2.45) is 0 Å². The van der Waals surface area contributed by atoms with Gasteiger partial charge in [-0.2, -0.15) is 0 Å². The van der Waals surface area contributed by atoms with Crippen molar-refractivity contribution in [3.63, 3.8) is 0 Å². The largest absolute Gasteiger partial charge is 0.481 e. The summed E-state index contributed by atoms with van der Waals surface area (Å²) in [6, 6.07) is 1.66. The summed E-state index contributed by atoms with van der Waals surface area (Å²) in [5, 5.41) is 0. The molecule has 0 atom stereocenters. The second-order valence-electron chi connectivity index (χ2n) is 3.76. The smallest absolute Gasteiger partial charge is 0.251 e. The number of hydrogen-bond acceptors (Lipinski definition) is 4. The van der Waals surface area contributed by atoms with Crippen LogP contribution < -0.4 is 9.64 Å². The van der Waals surface area contributed by atoms with E-state index in [9.17, 15) is 8.78 Å². The minimum Gasteiger partial charge on any atom is -0.481 e. The minimum absolute atomic E-state index is 0.126. The first kappa shape index (κ1) is 11.0. The Balaban J connectivity index is 2.08. The number of piperidine rings is 1. The van der Waals surface area contributed by atoms with Crippen LogP contribution in [0.4, 0.5) is 14.6 Å². The third-order valence-electron chi connectivity index (χ3n) is 2.66. The van der Waals surface area contributed by atoms with Gasteiger partial charge in [0, 0.05) is 32.0 Å². The molecule has 0 bridgehead atoms. The van der Waals surface area contributed by atoms with Crippen molar-refractivity contribution in [1.82, 2.24) is 9.97 Å². The predicted molar refractivity (Wildman–Crippen MR) is 55.0 cm³/mol. The lowest BCUT2D eigenvalue weighted by Crippen LogP contribution is -2.39. The van der Waals surface area contributed by atoms with Gasteiger partial charge < -0.3 is 9.64 Å². The molecular formula is C10H13F2N3O. The van der Waals surface area contributed by atoms with E-state index in [-0.39, 0.29) is 12.8 Å². The van der Waals surface area contributed by atoms with Gasteiger partial charge in [0.25, 0.3) is 5.92 Å². The molecule has 16 heavy (non-hydrogen) atoms. The molecule has 0 unspecified atom stereocenters. The number of alkyl halides is 2. The van der Waals surface area contributed by atoms with Crippen LogP contribution in [-0.4, -0.2) is 36.1 Å². The van der Waals surface area contributed by atoms with Crippen LogP contribution in [0.5, 0.6) is 5.88 Å². The van der Waals surface area contributed by atoms with Crippen LogP contribution >= 0.6 is 0 Å². The second-order valence-corrected chi connectivity index (χ2v) is 3.76. The fourth-order valence-corrected chi connectivity index (χ4v) is 1.68. The third kappa shape index (κ3) is 2.37. The van der Waals surface area contributed by atoms with Crippen molar-refractivity contribution < 1.29 is 13.5 Å². The monoisotopic (exact) mass is 229 g/mol. The van der Waals surface area contributed by atoms with Gasteiger partial charge in [0.2, 0.25) is 5.88 Å². The maximum atomic E-state index is 13.0. The maximum Gasteiger partial charge on any atom is 0.251 e. The Labute approximate surface area is 92.3 Å². The highest BCUT2D eigenvalue weighted by Gasteiger charge is 2.34. The van der Waals surface area contributed by atoms with Crippen LogP contribution in [-0.2, 0) is 0 Å². The van der Waals surface area contributed by atoms with Crippen LogP contribution in [0.15, 0.2) is 12.4 Å². The average molecular weight is 229 g/mol. The zero-order valence-electron chi connectivity index (χ0n) is 8.99. The Morgan fingerprint density at radius 3 is 2.62 bits per heavy atom. The molecule has 1 aromatic rings. The van der Waals surface area contributed by atoms with E-state index >= 15 is 0 Å². The highest BCUT2D eigenvalue weighted by atomic mass is 19.3. The zero-order chi connectivity index (χ0) is 11.6. The van der Waals surface area contributed by atoms with Crippen molar-refractivity contribution in [3.05, 3.63) is 12.4 Å². The zero-order valence-corrected chi connectivity index (χ0v) is 8.99. The number of ether oxygens (including phenoxy) is 1. The molecule has 0 radical (unpaired) electrons. The van der Waals surface area contributed by atoms with E-state index in [4.69, 9.17) is 4.74 Å². The molecule has 0 amide bonds. The quantitative estimate of drug-likeness (QED) is 0.774. The number of nitrogens with zero attached hydrogens (tertiary/aromatic N) is 3. The van der Waals surface area contributed by atoms with Crippen molar-refractivity contribution in [2.75, 3.05) is 25.1 Å². The third-order valence-corrected chi connectivity index (χ3v) is 2.66. The van der Waals surface area contributed by atoms with Crippen LogP contribution in [0.2, 0.25) is 0 Å². The topological polar surface area (TPSA) is 38.2 Å². The van der Waals surface area contributed by atoms with Gasteiger partial charge in [0.05, 0.1) is 7.11 Å². The summed E-state index contributed by atoms with van der Waals surface area (Å²) in [6.45, 7) is 0.625. The number of rotatable bonds is 2. The standard InChI is InChI=1S/C10H13F2N3O/c1-16-9-6-8(13-7-14-9)15-4-2-10(11,12)3-5-15/h6-7H,2-5H2,1H3. The highest BCUT2D eigenvalue weighted by molar-refractivity contribution is 5.41. The Kier molecular flexibility index (Phi) is 2.89. The Morgan fingerprint density at radius 2 is 2.00 bits per heavy atom. The molecule has 0 aliphatic carbocycles. The molecule has 2 heterocycles. The molecule has 0 spiro atoms. The first-order chi connectivity index (χ1) is 7.61. The Hall–Kier alpha value is -1.46. The molecule has 1 saturated heterocycles. The second kappa shape index (κ2) is 4.19. The van der Waals surface area contributed by atoms with E-state index in [1.54, 1.807) is 6.07 Å². The maximum absolute atomic E-state index is 13.0. The number of halogens is 2. The molecule has 1 aliphatic rings. The van der Waals surface area contributed by atoms with Crippen molar-refractivity contribution in [2.45, 2.75) is 18.8 Å². The lowest BCUT2D eigenvalue weighted by Gasteiger charge is -2.32. The van der Waals surface area contributed by atoms with Gasteiger partial charge in [0.1, 0.15) is 12.1 Å². The van der Waals surface area contributed by atoms with Gasteiger partial charge in [-0.3, -0.25) is 0 Å². The van der Waals surface area contributed by atoms with Crippen LogP contribution in [0.25, 0.3) is 0 Å². The summed E-state index contributed by atoms with van der Waals surface area (Å²) < 4.78 is 30.9. The lowest BCUT2D eigenvalue weighted by molar-refractivity contribution is -0.0221. The molecule has 1 fully saturated rings. The number of methoxy groups -OCH3 is 1. The summed E-state index contributed by atoms with van der Waals surface area (Å²) in [5.74, 6) is -1.45. The average Bonchev–Trinajstić information content (AvgIpc) is 2.29. The van der Waals surface area contributed by atoms with Crippen molar-refractivity contribution in [3.8, 4) is 5.88 Å². The molecule has 6 heteroatoms. The number of hydrogen-bond donors (Lipinski definition) is 0. The van der Waals surface area contributed by atoms with Gasteiger partial charge in [-0.05, 0) is 0 Å². The fourth-order valence-electron chi connectivity index (χ4n) is 1.68. The summed E-state index contributed by atoms with van der Waals surface area (Å²) in [4.78, 5) is 9.74. The van der Waals surface area contributed by atoms with E-state index in [0.29, 0.717) is 24.8 Å². The van der Waals surface area contributed by atoms with Crippen LogP contribution in [0.1, 0.15) is 12.8 Å². The molecule has 1 aliphatic heterocycles. The molecule has 0 N–H and O–H groups in total. The molecule has 1 aromatic heterocycles. The minimum atomic E-state index is -2.53. The molecular weight excluding hydrogens is 216 g/mol. The van der Waals surface area contributed by atoms with E-state index in [1.165, 1.54) is 13.4 Å².